The first kappa shape index (κ1) is 16.6. The molecule has 1 unspecified atom stereocenters. The van der Waals surface area contributed by atoms with Gasteiger partial charge in [-0.1, -0.05) is 18.6 Å². The Balaban J connectivity index is 1.42. The average molecular weight is 387 g/mol. The van der Waals surface area contributed by atoms with Crippen LogP contribution in [-0.2, 0) is 19.6 Å². The molecule has 0 bridgehead atoms. The molecule has 2 aliphatic heterocycles. The molecule has 4 heterocycles. The molecule has 0 amide bonds. The molecule has 0 saturated carbocycles. The number of nitrogens with one attached hydrogen (secondary N) is 1. The van der Waals surface area contributed by atoms with Crippen molar-refractivity contribution < 1.29 is 4.90 Å². The van der Waals surface area contributed by atoms with E-state index in [1.54, 1.807) is 4.90 Å². The van der Waals surface area contributed by atoms with Crippen LogP contribution in [0.2, 0.25) is 0 Å². The molecular weight excluding hydrogens is 362 g/mol. The standard InChI is InChI=1S/C19H23N5S2/c25-19-23-12-5-1-2-10-17(23)21-24(19)13-22-11-6-8-15(22)18-20-14-7-3-4-9-16(14)26-18/h3-4,7,9,15H,1-2,5-6,8,10-13H2/p+1/t15-/m1/s1. The minimum absolute atomic E-state index is 0.468. The van der Waals surface area contributed by atoms with E-state index in [4.69, 9.17) is 22.3 Å². The van der Waals surface area contributed by atoms with Gasteiger partial charge < -0.3 is 9.47 Å². The third kappa shape index (κ3) is 2.92. The molecule has 1 N–H and O–H groups in total. The van der Waals surface area contributed by atoms with Gasteiger partial charge in [-0.2, -0.15) is 9.78 Å². The van der Waals surface area contributed by atoms with Gasteiger partial charge in [0.2, 0.25) is 4.77 Å². The van der Waals surface area contributed by atoms with Gasteiger partial charge in [0.15, 0.2) is 11.7 Å². The number of para-hydroxylation sites is 1. The number of thiazole rings is 1. The number of aryl methyl sites for hydroxylation is 1. The van der Waals surface area contributed by atoms with Crippen molar-refractivity contribution in [2.75, 3.05) is 6.54 Å². The number of hydrogen-bond acceptors (Lipinski definition) is 4. The van der Waals surface area contributed by atoms with E-state index in [1.165, 1.54) is 54.2 Å². The third-order valence-corrected chi connectivity index (χ3v) is 7.31. The molecule has 1 fully saturated rings. The molecule has 136 valence electrons. The van der Waals surface area contributed by atoms with Gasteiger partial charge in [0.25, 0.3) is 0 Å². The molecular formula is C19H24N5S2+. The van der Waals surface area contributed by atoms with Crippen molar-refractivity contribution >= 4 is 33.8 Å². The van der Waals surface area contributed by atoms with Gasteiger partial charge in [-0.15, -0.1) is 11.3 Å². The largest absolute Gasteiger partial charge is 0.308 e. The molecule has 3 aromatic rings. The van der Waals surface area contributed by atoms with E-state index >= 15 is 0 Å². The predicted molar refractivity (Wildman–Crippen MR) is 106 cm³/mol. The van der Waals surface area contributed by atoms with Crippen molar-refractivity contribution in [2.24, 2.45) is 0 Å². The molecule has 2 aromatic heterocycles. The highest BCUT2D eigenvalue weighted by atomic mass is 32.1. The van der Waals surface area contributed by atoms with Crippen molar-refractivity contribution in [1.82, 2.24) is 19.3 Å². The molecule has 5 nitrogen and oxygen atoms in total. The number of likely N-dealkylation sites (tertiary alicyclic amines) is 1. The van der Waals surface area contributed by atoms with Crippen molar-refractivity contribution in [3.8, 4) is 0 Å². The molecule has 2 atom stereocenters. The maximum absolute atomic E-state index is 5.75. The lowest BCUT2D eigenvalue weighted by Gasteiger charge is -2.19. The highest BCUT2D eigenvalue weighted by Gasteiger charge is 2.33. The summed E-state index contributed by atoms with van der Waals surface area (Å²) in [5, 5.41) is 6.15. The van der Waals surface area contributed by atoms with Crippen molar-refractivity contribution in [3.63, 3.8) is 0 Å². The minimum atomic E-state index is 0.468. The lowest BCUT2D eigenvalue weighted by atomic mass is 10.2. The monoisotopic (exact) mass is 386 g/mol. The molecule has 0 radical (unpaired) electrons. The van der Waals surface area contributed by atoms with E-state index in [1.807, 2.05) is 11.3 Å². The van der Waals surface area contributed by atoms with Crippen molar-refractivity contribution in [1.29, 1.82) is 0 Å². The first-order chi connectivity index (χ1) is 12.8. The van der Waals surface area contributed by atoms with E-state index in [2.05, 4.69) is 33.5 Å². The Hall–Kier alpha value is -1.57. The molecule has 0 aliphatic carbocycles. The topological polar surface area (TPSA) is 40.1 Å². The lowest BCUT2D eigenvalue weighted by Crippen LogP contribution is -3.09. The summed E-state index contributed by atoms with van der Waals surface area (Å²) >= 11 is 7.60. The van der Waals surface area contributed by atoms with Crippen LogP contribution in [0, 0.1) is 4.77 Å². The van der Waals surface area contributed by atoms with Gasteiger partial charge in [-0.3, -0.25) is 0 Å². The van der Waals surface area contributed by atoms with E-state index in [0.29, 0.717) is 6.04 Å². The number of hydrogen-bond donors (Lipinski definition) is 1. The van der Waals surface area contributed by atoms with Crippen LogP contribution in [0.3, 0.4) is 0 Å². The summed E-state index contributed by atoms with van der Waals surface area (Å²) < 4.78 is 6.55. The average Bonchev–Trinajstić information content (AvgIpc) is 3.30. The van der Waals surface area contributed by atoms with Gasteiger partial charge in [0.1, 0.15) is 11.9 Å². The number of nitrogens with zero attached hydrogens (tertiary/aromatic N) is 4. The molecule has 2 aliphatic rings. The second kappa shape index (κ2) is 6.87. The highest BCUT2D eigenvalue weighted by molar-refractivity contribution is 7.71. The number of quaternary nitrogens is 1. The van der Waals surface area contributed by atoms with Crippen molar-refractivity contribution in [3.05, 3.63) is 39.9 Å². The quantitative estimate of drug-likeness (QED) is 0.703. The Labute approximate surface area is 162 Å². The Bertz CT molecular complexity index is 952. The summed E-state index contributed by atoms with van der Waals surface area (Å²) in [5.74, 6) is 1.18. The highest BCUT2D eigenvalue weighted by Crippen LogP contribution is 2.28. The summed E-state index contributed by atoms with van der Waals surface area (Å²) in [6.07, 6.45) is 7.25. The zero-order chi connectivity index (χ0) is 17.5. The van der Waals surface area contributed by atoms with Crippen LogP contribution in [0.25, 0.3) is 10.2 Å². The minimum Gasteiger partial charge on any atom is -0.308 e. The summed E-state index contributed by atoms with van der Waals surface area (Å²) in [4.78, 5) is 6.47. The molecule has 7 heteroatoms. The maximum atomic E-state index is 5.75. The number of aromatic nitrogens is 4. The predicted octanol–water partition coefficient (Wildman–Crippen LogP) is 3.13. The zero-order valence-corrected chi connectivity index (χ0v) is 16.5. The van der Waals surface area contributed by atoms with Crippen LogP contribution >= 0.6 is 23.6 Å². The number of fused-ring (bicyclic) bond motifs is 2. The van der Waals surface area contributed by atoms with E-state index in [0.717, 1.165) is 29.9 Å². The van der Waals surface area contributed by atoms with Crippen LogP contribution in [-0.4, -0.2) is 25.9 Å². The molecule has 1 saturated heterocycles. The van der Waals surface area contributed by atoms with Gasteiger partial charge in [-0.25, -0.2) is 4.98 Å². The lowest BCUT2D eigenvalue weighted by molar-refractivity contribution is -0.941. The first-order valence-corrected chi connectivity index (χ1v) is 10.9. The SMILES string of the molecule is S=c1n(C[NH+]2CCC[C@@H]2c2nc3ccccc3s2)nc2n1CCCCC2. The summed E-state index contributed by atoms with van der Waals surface area (Å²) in [5.41, 5.74) is 1.13. The summed E-state index contributed by atoms with van der Waals surface area (Å²) in [7, 11) is 0. The van der Waals surface area contributed by atoms with Gasteiger partial charge in [0, 0.05) is 25.8 Å². The molecule has 26 heavy (non-hydrogen) atoms. The van der Waals surface area contributed by atoms with Crippen LogP contribution in [0.4, 0.5) is 0 Å². The Kier molecular flexibility index (Phi) is 4.38. The summed E-state index contributed by atoms with van der Waals surface area (Å²) in [6, 6.07) is 8.93. The Morgan fingerprint density at radius 3 is 3.04 bits per heavy atom. The maximum Gasteiger partial charge on any atom is 0.202 e. The second-order valence-electron chi connectivity index (χ2n) is 7.44. The molecule has 5 rings (SSSR count). The van der Waals surface area contributed by atoms with Gasteiger partial charge in [0.05, 0.1) is 16.8 Å². The molecule has 1 aromatic carbocycles. The second-order valence-corrected chi connectivity index (χ2v) is 8.87. The number of rotatable bonds is 3. The van der Waals surface area contributed by atoms with E-state index in [-0.39, 0.29) is 0 Å². The van der Waals surface area contributed by atoms with Crippen molar-refractivity contribution in [2.45, 2.75) is 57.8 Å². The van der Waals surface area contributed by atoms with Crippen LogP contribution < -0.4 is 4.90 Å². The fourth-order valence-electron chi connectivity index (χ4n) is 4.36. The van der Waals surface area contributed by atoms with Crippen LogP contribution in [0.1, 0.15) is 49.0 Å². The smallest absolute Gasteiger partial charge is 0.202 e. The normalized spacial score (nSPS) is 23.2. The van der Waals surface area contributed by atoms with E-state index in [9.17, 15) is 0 Å². The third-order valence-electron chi connectivity index (χ3n) is 5.73. The van der Waals surface area contributed by atoms with Crippen LogP contribution in [0.15, 0.2) is 24.3 Å². The Morgan fingerprint density at radius 2 is 2.12 bits per heavy atom. The Morgan fingerprint density at radius 1 is 1.19 bits per heavy atom. The summed E-state index contributed by atoms with van der Waals surface area (Å²) in [6.45, 7) is 3.06. The van der Waals surface area contributed by atoms with E-state index < -0.39 is 0 Å². The fraction of sp³-hybridized carbons (Fsp3) is 0.526. The fourth-order valence-corrected chi connectivity index (χ4v) is 5.82. The molecule has 0 spiro atoms. The van der Waals surface area contributed by atoms with Crippen LogP contribution in [0.5, 0.6) is 0 Å². The zero-order valence-electron chi connectivity index (χ0n) is 14.9. The first-order valence-electron chi connectivity index (χ1n) is 9.66. The number of benzene rings is 1. The van der Waals surface area contributed by atoms with Gasteiger partial charge >= 0.3 is 0 Å². The van der Waals surface area contributed by atoms with Gasteiger partial charge in [-0.05, 0) is 37.2 Å².